The summed E-state index contributed by atoms with van der Waals surface area (Å²) in [5.74, 6) is -0.448. The van der Waals surface area contributed by atoms with Gasteiger partial charge in [0.25, 0.3) is 5.91 Å². The second kappa shape index (κ2) is 6.35. The Labute approximate surface area is 117 Å². The van der Waals surface area contributed by atoms with Gasteiger partial charge in [-0.15, -0.1) is 0 Å². The number of halogens is 2. The van der Waals surface area contributed by atoms with Crippen molar-refractivity contribution in [3.63, 3.8) is 0 Å². The van der Waals surface area contributed by atoms with Gasteiger partial charge in [0.05, 0.1) is 10.6 Å². The summed E-state index contributed by atoms with van der Waals surface area (Å²) in [7, 11) is 1.90. The van der Waals surface area contributed by atoms with E-state index >= 15 is 0 Å². The van der Waals surface area contributed by atoms with E-state index in [0.29, 0.717) is 19.0 Å². The Morgan fingerprint density at radius 3 is 3.11 bits per heavy atom. The van der Waals surface area contributed by atoms with Crippen LogP contribution in [0.25, 0.3) is 0 Å². The quantitative estimate of drug-likeness (QED) is 0.925. The topological polar surface area (TPSA) is 32.3 Å². The van der Waals surface area contributed by atoms with Crippen molar-refractivity contribution >= 4 is 17.5 Å². The summed E-state index contributed by atoms with van der Waals surface area (Å²) in [5, 5.41) is 3.12. The molecule has 1 atom stereocenters. The molecule has 1 aliphatic heterocycles. The Hall–Kier alpha value is -1.13. The van der Waals surface area contributed by atoms with E-state index in [0.717, 1.165) is 19.4 Å². The number of carbonyl (C=O) groups excluding carboxylic acids is 1. The van der Waals surface area contributed by atoms with Crippen molar-refractivity contribution in [2.24, 2.45) is 5.92 Å². The first kappa shape index (κ1) is 14.3. The highest BCUT2D eigenvalue weighted by Crippen LogP contribution is 2.22. The lowest BCUT2D eigenvalue weighted by molar-refractivity contribution is 0.0669. The monoisotopic (exact) mass is 284 g/mol. The second-order valence-electron chi connectivity index (χ2n) is 4.92. The molecule has 1 saturated heterocycles. The molecular weight excluding hydrogens is 267 g/mol. The average Bonchev–Trinajstić information content (AvgIpc) is 2.42. The molecule has 1 fully saturated rings. The third kappa shape index (κ3) is 3.25. The Morgan fingerprint density at radius 2 is 2.37 bits per heavy atom. The van der Waals surface area contributed by atoms with Crippen LogP contribution in [0.2, 0.25) is 5.02 Å². The third-order valence-electron chi connectivity index (χ3n) is 3.48. The van der Waals surface area contributed by atoms with Crippen molar-refractivity contribution in [2.75, 3.05) is 26.7 Å². The third-order valence-corrected chi connectivity index (χ3v) is 3.77. The molecule has 1 unspecified atom stereocenters. The van der Waals surface area contributed by atoms with Gasteiger partial charge >= 0.3 is 0 Å². The molecule has 1 amide bonds. The number of rotatable bonds is 3. The molecule has 1 aromatic carbocycles. The smallest absolute Gasteiger partial charge is 0.256 e. The number of amides is 1. The number of nitrogens with one attached hydrogen (secondary N) is 1. The first-order valence-corrected chi connectivity index (χ1v) is 6.89. The summed E-state index contributed by atoms with van der Waals surface area (Å²) in [6, 6.07) is 4.55. The molecule has 0 aromatic heterocycles. The van der Waals surface area contributed by atoms with Crippen molar-refractivity contribution in [1.29, 1.82) is 0 Å². The highest BCUT2D eigenvalue weighted by atomic mass is 35.5. The van der Waals surface area contributed by atoms with Gasteiger partial charge in [0.1, 0.15) is 0 Å². The molecule has 1 aromatic rings. The highest BCUT2D eigenvalue weighted by Gasteiger charge is 2.26. The van der Waals surface area contributed by atoms with E-state index in [4.69, 9.17) is 11.6 Å². The second-order valence-corrected chi connectivity index (χ2v) is 5.33. The van der Waals surface area contributed by atoms with Crippen molar-refractivity contribution in [1.82, 2.24) is 10.2 Å². The molecule has 0 radical (unpaired) electrons. The molecular formula is C14H18ClFN2O. The molecule has 0 bridgehead atoms. The van der Waals surface area contributed by atoms with Crippen LogP contribution in [0.5, 0.6) is 0 Å². The molecule has 3 nitrogen and oxygen atoms in total. The van der Waals surface area contributed by atoms with E-state index < -0.39 is 5.82 Å². The van der Waals surface area contributed by atoms with Gasteiger partial charge in [0.15, 0.2) is 5.82 Å². The van der Waals surface area contributed by atoms with Crippen molar-refractivity contribution in [3.8, 4) is 0 Å². The van der Waals surface area contributed by atoms with Gasteiger partial charge in [-0.05, 0) is 44.5 Å². The minimum atomic E-state index is -0.620. The number of benzene rings is 1. The fourth-order valence-corrected chi connectivity index (χ4v) is 2.72. The van der Waals surface area contributed by atoms with Gasteiger partial charge in [-0.25, -0.2) is 4.39 Å². The lowest BCUT2D eigenvalue weighted by atomic mass is 9.97. The SMILES string of the molecule is CNCC1CCCN(C(=O)c2cccc(Cl)c2F)C1. The normalized spacial score (nSPS) is 19.5. The van der Waals surface area contributed by atoms with E-state index in [1.54, 1.807) is 11.0 Å². The van der Waals surface area contributed by atoms with Crippen LogP contribution in [0.15, 0.2) is 18.2 Å². The zero-order valence-corrected chi connectivity index (χ0v) is 11.7. The minimum absolute atomic E-state index is 0.00497. The van der Waals surface area contributed by atoms with Crippen LogP contribution in [0.3, 0.4) is 0 Å². The Kier molecular flexibility index (Phi) is 4.77. The van der Waals surface area contributed by atoms with Crippen LogP contribution in [0.1, 0.15) is 23.2 Å². The summed E-state index contributed by atoms with van der Waals surface area (Å²) in [6.45, 7) is 2.23. The summed E-state index contributed by atoms with van der Waals surface area (Å²) in [4.78, 5) is 14.1. The van der Waals surface area contributed by atoms with Crippen LogP contribution in [0, 0.1) is 11.7 Å². The van der Waals surface area contributed by atoms with Gasteiger partial charge < -0.3 is 10.2 Å². The van der Waals surface area contributed by atoms with Crippen LogP contribution in [0.4, 0.5) is 4.39 Å². The van der Waals surface area contributed by atoms with Crippen LogP contribution < -0.4 is 5.32 Å². The summed E-state index contributed by atoms with van der Waals surface area (Å²) in [5.41, 5.74) is 0.0672. The predicted octanol–water partition coefficient (Wildman–Crippen LogP) is 2.55. The van der Waals surface area contributed by atoms with E-state index in [1.165, 1.54) is 12.1 Å². The van der Waals surface area contributed by atoms with Crippen molar-refractivity contribution in [3.05, 3.63) is 34.6 Å². The highest BCUT2D eigenvalue weighted by molar-refractivity contribution is 6.31. The fraction of sp³-hybridized carbons (Fsp3) is 0.500. The molecule has 0 saturated carbocycles. The van der Waals surface area contributed by atoms with Gasteiger partial charge in [-0.3, -0.25) is 4.79 Å². The van der Waals surface area contributed by atoms with Gasteiger partial charge in [0.2, 0.25) is 0 Å². The zero-order chi connectivity index (χ0) is 13.8. The molecule has 1 N–H and O–H groups in total. The van der Waals surface area contributed by atoms with Crippen molar-refractivity contribution in [2.45, 2.75) is 12.8 Å². The maximum atomic E-state index is 13.9. The first-order valence-electron chi connectivity index (χ1n) is 6.51. The largest absolute Gasteiger partial charge is 0.338 e. The summed E-state index contributed by atoms with van der Waals surface area (Å²) < 4.78 is 13.9. The van der Waals surface area contributed by atoms with Crippen LogP contribution in [-0.4, -0.2) is 37.5 Å². The van der Waals surface area contributed by atoms with Gasteiger partial charge in [0, 0.05) is 13.1 Å². The Balaban J connectivity index is 2.12. The molecule has 0 aliphatic carbocycles. The molecule has 19 heavy (non-hydrogen) atoms. The van der Waals surface area contributed by atoms with E-state index in [2.05, 4.69) is 5.32 Å². The van der Waals surface area contributed by atoms with Crippen molar-refractivity contribution < 1.29 is 9.18 Å². The molecule has 1 aliphatic rings. The first-order chi connectivity index (χ1) is 9.13. The summed E-state index contributed by atoms with van der Waals surface area (Å²) in [6.07, 6.45) is 2.06. The number of nitrogens with zero attached hydrogens (tertiary/aromatic N) is 1. The summed E-state index contributed by atoms with van der Waals surface area (Å²) >= 11 is 5.72. The maximum Gasteiger partial charge on any atom is 0.256 e. The molecule has 0 spiro atoms. The van der Waals surface area contributed by atoms with E-state index in [9.17, 15) is 9.18 Å². The number of piperidine rings is 1. The fourth-order valence-electron chi connectivity index (χ4n) is 2.54. The zero-order valence-electron chi connectivity index (χ0n) is 11.0. The van der Waals surface area contributed by atoms with E-state index in [1.807, 2.05) is 7.05 Å². The standard InChI is InChI=1S/C14H18ClFN2O/c1-17-8-10-4-3-7-18(9-10)14(19)11-5-2-6-12(15)13(11)16/h2,5-6,10,17H,3-4,7-9H2,1H3. The molecule has 2 rings (SSSR count). The molecule has 5 heteroatoms. The van der Waals surface area contributed by atoms with Gasteiger partial charge in [-0.2, -0.15) is 0 Å². The number of hydrogen-bond donors (Lipinski definition) is 1. The maximum absolute atomic E-state index is 13.9. The Morgan fingerprint density at radius 1 is 1.58 bits per heavy atom. The Bertz CT molecular complexity index is 465. The number of carbonyl (C=O) groups is 1. The van der Waals surface area contributed by atoms with E-state index in [-0.39, 0.29) is 16.5 Å². The van der Waals surface area contributed by atoms with Gasteiger partial charge in [-0.1, -0.05) is 17.7 Å². The number of hydrogen-bond acceptors (Lipinski definition) is 2. The minimum Gasteiger partial charge on any atom is -0.338 e. The molecule has 1 heterocycles. The van der Waals surface area contributed by atoms with Crippen LogP contribution >= 0.6 is 11.6 Å². The lowest BCUT2D eigenvalue weighted by Crippen LogP contribution is -2.42. The average molecular weight is 285 g/mol. The van der Waals surface area contributed by atoms with Crippen LogP contribution in [-0.2, 0) is 0 Å². The number of likely N-dealkylation sites (tertiary alicyclic amines) is 1. The lowest BCUT2D eigenvalue weighted by Gasteiger charge is -2.32. The molecule has 104 valence electrons. The predicted molar refractivity (Wildman–Crippen MR) is 74.0 cm³/mol.